The Morgan fingerprint density at radius 3 is 1.34 bits per heavy atom. The van der Waals surface area contributed by atoms with Crippen LogP contribution in [-0.4, -0.2) is 24.5 Å². The third-order valence-corrected chi connectivity index (χ3v) is 14.0. The zero-order valence-electron chi connectivity index (χ0n) is 38.4. The Kier molecular flexibility index (Phi) is 9.46. The van der Waals surface area contributed by atoms with Crippen molar-refractivity contribution in [2.24, 2.45) is 0 Å². The van der Waals surface area contributed by atoms with Gasteiger partial charge in [0.1, 0.15) is 5.82 Å². The number of aromatic nitrogens is 5. The fourth-order valence-corrected chi connectivity index (χ4v) is 10.6. The van der Waals surface area contributed by atoms with E-state index in [0.717, 1.165) is 105 Å². The lowest BCUT2D eigenvalue weighted by molar-refractivity contribution is 1.07. The molecule has 0 aliphatic carbocycles. The van der Waals surface area contributed by atoms with E-state index in [1.807, 2.05) is 0 Å². The van der Waals surface area contributed by atoms with Crippen LogP contribution in [-0.2, 0) is 0 Å². The van der Waals surface area contributed by atoms with Crippen LogP contribution in [0.1, 0.15) is 0 Å². The van der Waals surface area contributed by atoms with Gasteiger partial charge in [-0.15, -0.1) is 0 Å². The maximum Gasteiger partial charge on any atom is 0.164 e. The minimum absolute atomic E-state index is 0.592. The molecule has 0 atom stereocenters. The summed E-state index contributed by atoms with van der Waals surface area (Å²) in [6.45, 7) is 0. The number of fused-ring (bicyclic) bond motifs is 8. The van der Waals surface area contributed by atoms with Crippen LogP contribution in [0.5, 0.6) is 0 Å². The number of hydrogen-bond donors (Lipinski definition) is 0. The fourth-order valence-electron chi connectivity index (χ4n) is 10.6. The molecule has 0 bridgehead atoms. The van der Waals surface area contributed by atoms with E-state index in [9.17, 15) is 0 Å². The fraction of sp³-hybridized carbons (Fsp3) is 0. The summed E-state index contributed by atoms with van der Waals surface area (Å²) < 4.78 is 2.31. The summed E-state index contributed by atoms with van der Waals surface area (Å²) in [5, 5.41) is 11.5. The molecule has 0 radical (unpaired) electrons. The number of nitrogens with zero attached hydrogens (tertiary/aromatic N) is 5. The van der Waals surface area contributed by atoms with Crippen molar-refractivity contribution < 1.29 is 0 Å². The van der Waals surface area contributed by atoms with E-state index in [4.69, 9.17) is 19.9 Å². The van der Waals surface area contributed by atoms with Gasteiger partial charge >= 0.3 is 0 Å². The molecule has 14 aromatic rings. The van der Waals surface area contributed by atoms with E-state index >= 15 is 0 Å². The number of benzene rings is 12. The molecule has 0 spiro atoms. The van der Waals surface area contributed by atoms with Gasteiger partial charge in [-0.05, 0) is 125 Å². The highest BCUT2D eigenvalue weighted by molar-refractivity contribution is 6.15. The van der Waals surface area contributed by atoms with Crippen molar-refractivity contribution in [3.8, 4) is 73.5 Å². The lowest BCUT2D eigenvalue weighted by atomic mass is 9.96. The summed E-state index contributed by atoms with van der Waals surface area (Å²) in [6, 6.07) is 88.3. The van der Waals surface area contributed by atoms with Crippen LogP contribution in [0.2, 0.25) is 0 Å². The molecule has 0 aliphatic rings. The van der Waals surface area contributed by atoms with E-state index in [1.165, 1.54) is 16.2 Å². The predicted octanol–water partition coefficient (Wildman–Crippen LogP) is 17.0. The molecular formula is C66H41N5. The van der Waals surface area contributed by atoms with Crippen molar-refractivity contribution in [2.75, 3.05) is 0 Å². The molecule has 0 N–H and O–H groups in total. The smallest absolute Gasteiger partial charge is 0.164 e. The monoisotopic (exact) mass is 903 g/mol. The van der Waals surface area contributed by atoms with Gasteiger partial charge in [-0.25, -0.2) is 19.9 Å². The highest BCUT2D eigenvalue weighted by Gasteiger charge is 2.22. The number of imidazole rings is 1. The van der Waals surface area contributed by atoms with Crippen molar-refractivity contribution >= 4 is 64.9 Å². The van der Waals surface area contributed by atoms with Crippen molar-refractivity contribution in [1.82, 2.24) is 24.5 Å². The van der Waals surface area contributed by atoms with Gasteiger partial charge in [-0.3, -0.25) is 4.57 Å². The van der Waals surface area contributed by atoms with Crippen LogP contribution < -0.4 is 0 Å². The number of hydrogen-bond acceptors (Lipinski definition) is 4. The Labute approximate surface area is 409 Å². The Hall–Kier alpha value is -9.58. The molecule has 71 heavy (non-hydrogen) atoms. The van der Waals surface area contributed by atoms with E-state index < -0.39 is 0 Å². The lowest BCUT2D eigenvalue weighted by Crippen LogP contribution is -2.02. The first-order valence-electron chi connectivity index (χ1n) is 24.0. The molecule has 0 unspecified atom stereocenters. The van der Waals surface area contributed by atoms with Gasteiger partial charge < -0.3 is 0 Å². The summed E-state index contributed by atoms with van der Waals surface area (Å²) in [6.07, 6.45) is 0. The maximum atomic E-state index is 5.57. The second-order valence-electron chi connectivity index (χ2n) is 18.2. The average molecular weight is 904 g/mol. The zero-order chi connectivity index (χ0) is 46.8. The van der Waals surface area contributed by atoms with Crippen molar-refractivity contribution in [3.05, 3.63) is 249 Å². The van der Waals surface area contributed by atoms with E-state index in [2.05, 4.69) is 253 Å². The lowest BCUT2D eigenvalue weighted by Gasteiger charge is -2.15. The van der Waals surface area contributed by atoms with Crippen molar-refractivity contribution in [3.63, 3.8) is 0 Å². The molecule has 330 valence electrons. The van der Waals surface area contributed by atoms with Crippen molar-refractivity contribution in [1.29, 1.82) is 0 Å². The first-order chi connectivity index (χ1) is 35.2. The Morgan fingerprint density at radius 1 is 0.254 bits per heavy atom. The average Bonchev–Trinajstić information content (AvgIpc) is 3.84. The van der Waals surface area contributed by atoms with E-state index in [1.54, 1.807) is 0 Å². The normalized spacial score (nSPS) is 11.7. The molecule has 5 nitrogen and oxygen atoms in total. The molecule has 14 rings (SSSR count). The second-order valence-corrected chi connectivity index (χ2v) is 18.2. The van der Waals surface area contributed by atoms with Crippen LogP contribution in [0.4, 0.5) is 0 Å². The summed E-state index contributed by atoms with van der Waals surface area (Å²) in [5.41, 5.74) is 11.2. The molecule has 0 amide bonds. The van der Waals surface area contributed by atoms with Gasteiger partial charge in [0.05, 0.1) is 11.0 Å². The zero-order valence-corrected chi connectivity index (χ0v) is 38.4. The third-order valence-electron chi connectivity index (χ3n) is 14.0. The topological polar surface area (TPSA) is 56.5 Å². The Morgan fingerprint density at radius 2 is 0.732 bits per heavy atom. The van der Waals surface area contributed by atoms with Crippen LogP contribution in [0.15, 0.2) is 249 Å². The van der Waals surface area contributed by atoms with Gasteiger partial charge in [0.2, 0.25) is 0 Å². The minimum Gasteiger partial charge on any atom is -0.292 e. The molecule has 0 saturated carbocycles. The highest BCUT2D eigenvalue weighted by Crippen LogP contribution is 2.41. The van der Waals surface area contributed by atoms with Gasteiger partial charge in [0, 0.05) is 33.5 Å². The van der Waals surface area contributed by atoms with Crippen molar-refractivity contribution in [2.45, 2.75) is 0 Å². The van der Waals surface area contributed by atoms with Gasteiger partial charge in [0.15, 0.2) is 17.5 Å². The summed E-state index contributed by atoms with van der Waals surface area (Å²) in [5.74, 6) is 2.69. The summed E-state index contributed by atoms with van der Waals surface area (Å²) in [4.78, 5) is 21.7. The number of rotatable bonds is 7. The largest absolute Gasteiger partial charge is 0.292 e. The molecular weight excluding hydrogens is 863 g/mol. The molecule has 0 saturated heterocycles. The van der Waals surface area contributed by atoms with Crippen LogP contribution in [0.3, 0.4) is 0 Å². The molecule has 12 aromatic carbocycles. The first kappa shape index (κ1) is 40.5. The van der Waals surface area contributed by atoms with Gasteiger partial charge in [0.25, 0.3) is 0 Å². The molecule has 0 aliphatic heterocycles. The van der Waals surface area contributed by atoms with Crippen LogP contribution in [0, 0.1) is 0 Å². The molecule has 0 fully saturated rings. The predicted molar refractivity (Wildman–Crippen MR) is 295 cm³/mol. The second kappa shape index (κ2) is 16.6. The maximum absolute atomic E-state index is 5.57. The van der Waals surface area contributed by atoms with Crippen LogP contribution >= 0.6 is 0 Å². The van der Waals surface area contributed by atoms with Gasteiger partial charge in [-0.2, -0.15) is 0 Å². The van der Waals surface area contributed by atoms with E-state index in [-0.39, 0.29) is 0 Å². The highest BCUT2D eigenvalue weighted by atomic mass is 15.1. The Bertz CT molecular complexity index is 4250. The Balaban J connectivity index is 1.000. The first-order valence-corrected chi connectivity index (χ1v) is 24.0. The molecule has 2 aromatic heterocycles. The SMILES string of the molecule is c1ccc(-c2cc(-c3ccccc3)c3nc(-c4ccc5ccccc5c4)n(-c4ccc(-c5nc(-c6cc7ccccc7c7ccccc67)nc(-c6cc7ccccc7c7ccccc67)n5)cc4)c3c2)cc1. The minimum atomic E-state index is 0.592. The van der Waals surface area contributed by atoms with Gasteiger partial charge in [-0.1, -0.05) is 194 Å². The molecule has 2 heterocycles. The van der Waals surface area contributed by atoms with Crippen LogP contribution in [0.25, 0.3) is 138 Å². The molecule has 5 heteroatoms. The quantitative estimate of drug-likeness (QED) is 0.150. The standard InChI is InChI=1S/C66H41N5/c1-3-17-42(18-4-1)50-40-58(44-20-5-2-6-21-44)62-61(41-50)71(66(67-62)49-32-31-43-19-7-8-22-46(43)37-49)51-35-33-45(34-36-51)63-68-64(59-38-47-23-9-11-25-52(47)54-27-13-15-29-56(54)59)70-65(69-63)60-39-48-24-10-12-26-53(48)55-28-14-16-30-57(55)60/h1-41H. The van der Waals surface area contributed by atoms with E-state index in [0.29, 0.717) is 17.5 Å². The third kappa shape index (κ3) is 6.94. The summed E-state index contributed by atoms with van der Waals surface area (Å²) >= 11 is 0. The summed E-state index contributed by atoms with van der Waals surface area (Å²) in [7, 11) is 0.